The van der Waals surface area contributed by atoms with Gasteiger partial charge in [0.05, 0.1) is 17.2 Å². The number of hydrogen-bond acceptors (Lipinski definition) is 8. The third-order valence-corrected chi connectivity index (χ3v) is 7.98. The molecule has 0 aromatic heterocycles. The second kappa shape index (κ2) is 10.5. The maximum Gasteiger partial charge on any atom is 0.385 e. The third-order valence-electron chi connectivity index (χ3n) is 7.98. The van der Waals surface area contributed by atoms with Crippen molar-refractivity contribution in [2.75, 3.05) is 0 Å². The van der Waals surface area contributed by atoms with E-state index in [1.54, 1.807) is 97.1 Å². The first-order valence-corrected chi connectivity index (χ1v) is 13.9. The van der Waals surface area contributed by atoms with Crippen molar-refractivity contribution in [3.05, 3.63) is 137 Å². The van der Waals surface area contributed by atoms with Crippen LogP contribution in [-0.4, -0.2) is 51.2 Å². The molecule has 1 saturated heterocycles. The zero-order valence-corrected chi connectivity index (χ0v) is 23.1. The number of β-lactam (4-membered cyclic amide) rings is 1. The molecule has 0 bridgehead atoms. The van der Waals surface area contributed by atoms with E-state index in [0.29, 0.717) is 16.7 Å². The quantitative estimate of drug-likeness (QED) is 0.138. The highest BCUT2D eigenvalue weighted by Gasteiger charge is 2.73. The summed E-state index contributed by atoms with van der Waals surface area (Å²) in [5.41, 5.74) is -0.661. The van der Waals surface area contributed by atoms with Crippen LogP contribution in [-0.2, 0) is 37.1 Å². The van der Waals surface area contributed by atoms with Crippen molar-refractivity contribution in [2.45, 2.75) is 31.0 Å². The van der Waals surface area contributed by atoms with Crippen LogP contribution < -0.4 is 4.74 Å². The smallest absolute Gasteiger partial charge is 0.385 e. The zero-order valence-electron chi connectivity index (χ0n) is 23.1. The molecule has 0 spiro atoms. The lowest BCUT2D eigenvalue weighted by Gasteiger charge is -2.57. The molecule has 0 saturated carbocycles. The number of carbonyl (C=O) groups excluding carboxylic acids is 5. The molecule has 218 valence electrons. The van der Waals surface area contributed by atoms with Gasteiger partial charge in [-0.25, -0.2) is 9.59 Å². The number of esters is 2. The lowest BCUT2D eigenvalue weighted by Crippen LogP contribution is -2.80. The Kier molecular flexibility index (Phi) is 6.46. The van der Waals surface area contributed by atoms with Gasteiger partial charge >= 0.3 is 17.7 Å². The summed E-state index contributed by atoms with van der Waals surface area (Å²) in [5.74, 6) is -4.36. The second-order valence-electron chi connectivity index (χ2n) is 10.5. The minimum Gasteiger partial charge on any atom is -0.456 e. The lowest BCUT2D eigenvalue weighted by molar-refractivity contribution is -0.229. The first-order chi connectivity index (χ1) is 21.4. The molecule has 44 heavy (non-hydrogen) atoms. The predicted octanol–water partition coefficient (Wildman–Crippen LogP) is 3.81. The Morgan fingerprint density at radius 3 is 1.66 bits per heavy atom. The van der Waals surface area contributed by atoms with Crippen LogP contribution in [0.25, 0.3) is 0 Å². The van der Waals surface area contributed by atoms with Crippen LogP contribution in [0.1, 0.15) is 43.4 Å². The van der Waals surface area contributed by atoms with Gasteiger partial charge in [0, 0.05) is 5.56 Å². The molecule has 0 unspecified atom stereocenters. The van der Waals surface area contributed by atoms with Crippen LogP contribution in [0.4, 0.5) is 0 Å². The van der Waals surface area contributed by atoms with Gasteiger partial charge in [0.2, 0.25) is 0 Å². The van der Waals surface area contributed by atoms with Crippen molar-refractivity contribution < 1.29 is 38.2 Å². The summed E-state index contributed by atoms with van der Waals surface area (Å²) in [5, 5.41) is 0. The highest BCUT2D eigenvalue weighted by molar-refractivity contribution is 6.24. The average Bonchev–Trinajstić information content (AvgIpc) is 3.31. The fourth-order valence-electron chi connectivity index (χ4n) is 5.88. The van der Waals surface area contributed by atoms with Crippen LogP contribution in [0.2, 0.25) is 0 Å². The number of amides is 3. The monoisotopic (exact) mass is 588 g/mol. The zero-order chi connectivity index (χ0) is 30.4. The first-order valence-electron chi connectivity index (χ1n) is 13.9. The Hall–Kier alpha value is -5.77. The Morgan fingerprint density at radius 1 is 0.636 bits per heavy atom. The standard InChI is InChI=1S/C34H24N2O8/c37-29-23-15-7-8-16-24(23)30(38)35(29)28-27-25-17-9-10-18-26(25)44-34(36(27)31(28)39,32(40)42-19-21-11-3-1-4-12-21)33(41)43-20-22-13-5-2-6-14-22/h1-18,27-28H,19-20H2/t27-,28+/m1/s1. The number of fused-ring (bicyclic) bond motifs is 4. The van der Waals surface area contributed by atoms with Crippen LogP contribution in [0.3, 0.4) is 0 Å². The molecule has 3 aliphatic heterocycles. The summed E-state index contributed by atoms with van der Waals surface area (Å²) in [6.07, 6.45) is 0. The lowest BCUT2D eigenvalue weighted by atomic mass is 9.82. The van der Waals surface area contributed by atoms with E-state index in [4.69, 9.17) is 14.2 Å². The van der Waals surface area contributed by atoms with Crippen molar-refractivity contribution in [3.8, 4) is 5.75 Å². The number of nitrogens with zero attached hydrogens (tertiary/aromatic N) is 2. The molecule has 10 nitrogen and oxygen atoms in total. The summed E-state index contributed by atoms with van der Waals surface area (Å²) < 4.78 is 17.3. The molecule has 3 heterocycles. The van der Waals surface area contributed by atoms with Gasteiger partial charge in [-0.15, -0.1) is 0 Å². The molecule has 2 atom stereocenters. The fourth-order valence-corrected chi connectivity index (χ4v) is 5.88. The molecule has 4 aromatic rings. The summed E-state index contributed by atoms with van der Waals surface area (Å²) in [6.45, 7) is -0.431. The molecule has 3 aliphatic rings. The molecule has 4 aromatic carbocycles. The van der Waals surface area contributed by atoms with E-state index in [0.717, 1.165) is 9.80 Å². The number of para-hydroxylation sites is 1. The van der Waals surface area contributed by atoms with Gasteiger partial charge in [0.1, 0.15) is 25.0 Å². The summed E-state index contributed by atoms with van der Waals surface area (Å²) in [4.78, 5) is 70.9. The maximum atomic E-state index is 14.1. The average molecular weight is 589 g/mol. The predicted molar refractivity (Wildman–Crippen MR) is 153 cm³/mol. The molecule has 0 N–H and O–H groups in total. The fraction of sp³-hybridized carbons (Fsp3) is 0.147. The van der Waals surface area contributed by atoms with Gasteiger partial charge in [0.25, 0.3) is 17.7 Å². The van der Waals surface area contributed by atoms with Gasteiger partial charge < -0.3 is 14.2 Å². The molecule has 1 fully saturated rings. The number of carbonyl (C=O) groups is 5. The van der Waals surface area contributed by atoms with Crippen molar-refractivity contribution in [1.29, 1.82) is 0 Å². The van der Waals surface area contributed by atoms with Crippen LogP contribution in [0.15, 0.2) is 109 Å². The summed E-state index contributed by atoms with van der Waals surface area (Å²) in [6, 6.07) is 28.0. The van der Waals surface area contributed by atoms with Crippen LogP contribution >= 0.6 is 0 Å². The van der Waals surface area contributed by atoms with E-state index in [2.05, 4.69) is 0 Å². The van der Waals surface area contributed by atoms with Crippen LogP contribution in [0, 0.1) is 0 Å². The topological polar surface area (TPSA) is 120 Å². The largest absolute Gasteiger partial charge is 0.456 e. The highest BCUT2D eigenvalue weighted by atomic mass is 16.6. The van der Waals surface area contributed by atoms with Gasteiger partial charge in [-0.05, 0) is 29.3 Å². The summed E-state index contributed by atoms with van der Waals surface area (Å²) in [7, 11) is 0. The van der Waals surface area contributed by atoms with Gasteiger partial charge in [-0.2, -0.15) is 0 Å². The van der Waals surface area contributed by atoms with Gasteiger partial charge in [-0.1, -0.05) is 91.0 Å². The van der Waals surface area contributed by atoms with Crippen molar-refractivity contribution in [1.82, 2.24) is 9.80 Å². The number of benzene rings is 4. The SMILES string of the molecule is O=C1c2ccccc2C(=O)N1[C@@H]1C(=O)N2[C@@H]1c1ccccc1OC2(C(=O)OCc1ccccc1)C(=O)OCc1ccccc1. The van der Waals surface area contributed by atoms with Gasteiger partial charge in [-0.3, -0.25) is 24.2 Å². The number of imide groups is 1. The second-order valence-corrected chi connectivity index (χ2v) is 10.5. The Labute approximate surface area is 251 Å². The van der Waals surface area contributed by atoms with E-state index < -0.39 is 47.5 Å². The molecule has 3 amide bonds. The number of ether oxygens (including phenoxy) is 3. The van der Waals surface area contributed by atoms with E-state index in [1.807, 2.05) is 0 Å². The minimum absolute atomic E-state index is 0.108. The molecular weight excluding hydrogens is 564 g/mol. The maximum absolute atomic E-state index is 14.1. The van der Waals surface area contributed by atoms with Crippen LogP contribution in [0.5, 0.6) is 5.75 Å². The Bertz CT molecular complexity index is 1730. The first kappa shape index (κ1) is 27.1. The van der Waals surface area contributed by atoms with E-state index in [-0.39, 0.29) is 30.1 Å². The number of rotatable bonds is 7. The normalized spacial score (nSPS) is 19.2. The van der Waals surface area contributed by atoms with Crippen molar-refractivity contribution in [3.63, 3.8) is 0 Å². The molecular formula is C34H24N2O8. The number of hydrogen-bond donors (Lipinski definition) is 0. The molecule has 0 radical (unpaired) electrons. The van der Waals surface area contributed by atoms with E-state index in [9.17, 15) is 24.0 Å². The van der Waals surface area contributed by atoms with Gasteiger partial charge in [0.15, 0.2) is 0 Å². The summed E-state index contributed by atoms with van der Waals surface area (Å²) >= 11 is 0. The Morgan fingerprint density at radius 2 is 1.11 bits per heavy atom. The molecule has 0 aliphatic carbocycles. The third kappa shape index (κ3) is 4.06. The van der Waals surface area contributed by atoms with Crippen molar-refractivity contribution >= 4 is 29.7 Å². The minimum atomic E-state index is -2.69. The molecule has 7 rings (SSSR count). The van der Waals surface area contributed by atoms with E-state index in [1.165, 1.54) is 12.1 Å². The van der Waals surface area contributed by atoms with Crippen molar-refractivity contribution in [2.24, 2.45) is 0 Å². The van der Waals surface area contributed by atoms with E-state index >= 15 is 0 Å². The Balaban J connectivity index is 1.29. The highest BCUT2D eigenvalue weighted by Crippen LogP contribution is 2.52. The molecule has 10 heteroatoms.